The van der Waals surface area contributed by atoms with Gasteiger partial charge in [-0.2, -0.15) is 0 Å². The Hall–Kier alpha value is -1.73. The number of hydrogen-bond acceptors (Lipinski definition) is 6. The van der Waals surface area contributed by atoms with E-state index in [1.54, 1.807) is 13.2 Å². The number of methoxy groups -OCH3 is 1. The van der Waals surface area contributed by atoms with Crippen molar-refractivity contribution in [3.63, 3.8) is 0 Å². The monoisotopic (exact) mass is 295 g/mol. The van der Waals surface area contributed by atoms with Crippen molar-refractivity contribution in [1.29, 1.82) is 0 Å². The van der Waals surface area contributed by atoms with Crippen molar-refractivity contribution in [1.82, 2.24) is 20.2 Å². The molecule has 0 spiro atoms. The van der Waals surface area contributed by atoms with Crippen molar-refractivity contribution in [2.75, 3.05) is 52.8 Å². The molecule has 118 valence electrons. The van der Waals surface area contributed by atoms with Gasteiger partial charge in [-0.05, 0) is 40.1 Å². The fraction of sp³-hybridized carbons (Fsp3) is 0.643. The van der Waals surface area contributed by atoms with E-state index in [0.717, 1.165) is 18.7 Å². The molecule has 0 aliphatic heterocycles. The molecular formula is C14H25N5O2. The fourth-order valence-electron chi connectivity index (χ4n) is 1.72. The SMILES string of the molecule is COCCNc1nc(C)cc(C(=O)NCCCN(C)C)n1. The summed E-state index contributed by atoms with van der Waals surface area (Å²) < 4.78 is 4.95. The van der Waals surface area contributed by atoms with E-state index in [1.807, 2.05) is 21.0 Å². The zero-order valence-electron chi connectivity index (χ0n) is 13.3. The number of nitrogens with one attached hydrogen (secondary N) is 2. The van der Waals surface area contributed by atoms with Gasteiger partial charge in [0.1, 0.15) is 5.69 Å². The van der Waals surface area contributed by atoms with Crippen LogP contribution in [0, 0.1) is 6.92 Å². The quantitative estimate of drug-likeness (QED) is 0.647. The summed E-state index contributed by atoms with van der Waals surface area (Å²) in [7, 11) is 5.65. The van der Waals surface area contributed by atoms with Crippen LogP contribution in [0.3, 0.4) is 0 Å². The van der Waals surface area contributed by atoms with Gasteiger partial charge in [-0.25, -0.2) is 9.97 Å². The van der Waals surface area contributed by atoms with E-state index >= 15 is 0 Å². The molecule has 0 saturated heterocycles. The molecule has 2 N–H and O–H groups in total. The van der Waals surface area contributed by atoms with Crippen LogP contribution < -0.4 is 10.6 Å². The Bertz CT molecular complexity index is 451. The highest BCUT2D eigenvalue weighted by Crippen LogP contribution is 2.04. The first-order valence-corrected chi connectivity index (χ1v) is 7.04. The molecule has 0 saturated carbocycles. The first-order valence-electron chi connectivity index (χ1n) is 7.04. The summed E-state index contributed by atoms with van der Waals surface area (Å²) >= 11 is 0. The molecule has 0 unspecified atom stereocenters. The van der Waals surface area contributed by atoms with E-state index < -0.39 is 0 Å². The second-order valence-corrected chi connectivity index (χ2v) is 5.05. The highest BCUT2D eigenvalue weighted by Gasteiger charge is 2.10. The predicted molar refractivity (Wildman–Crippen MR) is 82.6 cm³/mol. The Morgan fingerprint density at radius 1 is 1.33 bits per heavy atom. The van der Waals surface area contributed by atoms with Crippen molar-refractivity contribution >= 4 is 11.9 Å². The first kappa shape index (κ1) is 17.3. The molecule has 0 aromatic carbocycles. The molecule has 21 heavy (non-hydrogen) atoms. The summed E-state index contributed by atoms with van der Waals surface area (Å²) in [6.45, 7) is 4.57. The normalized spacial score (nSPS) is 10.7. The molecule has 0 bridgehead atoms. The third-order valence-electron chi connectivity index (χ3n) is 2.74. The standard InChI is InChI=1S/C14H25N5O2/c1-11-10-12(13(20)15-6-5-8-19(2)3)18-14(17-11)16-7-9-21-4/h10H,5-9H2,1-4H3,(H,15,20)(H,16,17,18). The van der Waals surface area contributed by atoms with Crippen molar-refractivity contribution in [2.24, 2.45) is 0 Å². The van der Waals surface area contributed by atoms with Crippen LogP contribution in [0.2, 0.25) is 0 Å². The lowest BCUT2D eigenvalue weighted by molar-refractivity contribution is 0.0947. The van der Waals surface area contributed by atoms with Gasteiger partial charge in [0.2, 0.25) is 5.95 Å². The van der Waals surface area contributed by atoms with Crippen LogP contribution in [0.1, 0.15) is 22.6 Å². The Morgan fingerprint density at radius 2 is 2.10 bits per heavy atom. The zero-order chi connectivity index (χ0) is 15.7. The number of carbonyl (C=O) groups excluding carboxylic acids is 1. The summed E-state index contributed by atoms with van der Waals surface area (Å²) in [6.07, 6.45) is 0.905. The van der Waals surface area contributed by atoms with E-state index in [-0.39, 0.29) is 5.91 Å². The number of carbonyl (C=O) groups is 1. The van der Waals surface area contributed by atoms with Crippen molar-refractivity contribution in [2.45, 2.75) is 13.3 Å². The summed E-state index contributed by atoms with van der Waals surface area (Å²) in [4.78, 5) is 22.6. The summed E-state index contributed by atoms with van der Waals surface area (Å²) in [5, 5.41) is 5.90. The Balaban J connectivity index is 2.54. The minimum absolute atomic E-state index is 0.172. The number of aromatic nitrogens is 2. The average molecular weight is 295 g/mol. The van der Waals surface area contributed by atoms with Crippen molar-refractivity contribution < 1.29 is 9.53 Å². The maximum atomic E-state index is 12.1. The third-order valence-corrected chi connectivity index (χ3v) is 2.74. The summed E-state index contributed by atoms with van der Waals surface area (Å²) in [5.74, 6) is 0.277. The Labute approximate surface area is 126 Å². The van der Waals surface area contributed by atoms with Gasteiger partial charge in [0.05, 0.1) is 6.61 Å². The maximum absolute atomic E-state index is 12.1. The number of rotatable bonds is 9. The van der Waals surface area contributed by atoms with Crippen LogP contribution in [0.5, 0.6) is 0 Å². The van der Waals surface area contributed by atoms with Gasteiger partial charge in [-0.15, -0.1) is 0 Å². The van der Waals surface area contributed by atoms with Crippen molar-refractivity contribution in [3.05, 3.63) is 17.5 Å². The number of ether oxygens (including phenoxy) is 1. The van der Waals surface area contributed by atoms with Gasteiger partial charge < -0.3 is 20.3 Å². The average Bonchev–Trinajstić information content (AvgIpc) is 2.43. The van der Waals surface area contributed by atoms with Gasteiger partial charge >= 0.3 is 0 Å². The predicted octanol–water partition coefficient (Wildman–Crippen LogP) is 0.525. The lowest BCUT2D eigenvalue weighted by Crippen LogP contribution is -2.28. The number of amides is 1. The Morgan fingerprint density at radius 3 is 2.76 bits per heavy atom. The van der Waals surface area contributed by atoms with Gasteiger partial charge in [-0.3, -0.25) is 4.79 Å². The lowest BCUT2D eigenvalue weighted by atomic mass is 10.3. The molecule has 0 aliphatic carbocycles. The zero-order valence-corrected chi connectivity index (χ0v) is 13.3. The van der Waals surface area contributed by atoms with Crippen LogP contribution in [0.4, 0.5) is 5.95 Å². The minimum Gasteiger partial charge on any atom is -0.383 e. The fourth-order valence-corrected chi connectivity index (χ4v) is 1.72. The molecule has 1 amide bonds. The molecule has 0 radical (unpaired) electrons. The van der Waals surface area contributed by atoms with E-state index in [9.17, 15) is 4.79 Å². The number of hydrogen-bond donors (Lipinski definition) is 2. The van der Waals surface area contributed by atoms with Gasteiger partial charge in [-0.1, -0.05) is 0 Å². The van der Waals surface area contributed by atoms with Gasteiger partial charge in [0.25, 0.3) is 5.91 Å². The molecule has 0 fully saturated rings. The topological polar surface area (TPSA) is 79.4 Å². The first-order chi connectivity index (χ1) is 10.0. The van der Waals surface area contributed by atoms with Gasteiger partial charge in [0.15, 0.2) is 0 Å². The van der Waals surface area contributed by atoms with Crippen LogP contribution in [0.15, 0.2) is 6.07 Å². The van der Waals surface area contributed by atoms with Crippen LogP contribution in [-0.2, 0) is 4.74 Å². The largest absolute Gasteiger partial charge is 0.383 e. The molecule has 0 atom stereocenters. The highest BCUT2D eigenvalue weighted by atomic mass is 16.5. The molecule has 1 aromatic rings. The number of nitrogens with zero attached hydrogens (tertiary/aromatic N) is 3. The molecule has 1 rings (SSSR count). The molecular weight excluding hydrogens is 270 g/mol. The molecule has 7 nitrogen and oxygen atoms in total. The van der Waals surface area contributed by atoms with Crippen LogP contribution in [-0.4, -0.2) is 68.2 Å². The third kappa shape index (κ3) is 7.01. The van der Waals surface area contributed by atoms with E-state index in [2.05, 4.69) is 25.5 Å². The van der Waals surface area contributed by atoms with Crippen LogP contribution >= 0.6 is 0 Å². The van der Waals surface area contributed by atoms with Crippen LogP contribution in [0.25, 0.3) is 0 Å². The molecule has 7 heteroatoms. The van der Waals surface area contributed by atoms with Crippen molar-refractivity contribution in [3.8, 4) is 0 Å². The van der Waals surface area contributed by atoms with Gasteiger partial charge in [0, 0.05) is 25.9 Å². The minimum atomic E-state index is -0.172. The summed E-state index contributed by atoms with van der Waals surface area (Å²) in [5.41, 5.74) is 1.13. The smallest absolute Gasteiger partial charge is 0.270 e. The molecule has 0 aliphatic rings. The second kappa shape index (κ2) is 9.25. The highest BCUT2D eigenvalue weighted by molar-refractivity contribution is 5.92. The molecule has 1 heterocycles. The Kier molecular flexibility index (Phi) is 7.63. The summed E-state index contributed by atoms with van der Waals surface area (Å²) in [6, 6.07) is 1.68. The maximum Gasteiger partial charge on any atom is 0.270 e. The number of aryl methyl sites for hydroxylation is 1. The van der Waals surface area contributed by atoms with E-state index in [4.69, 9.17) is 4.74 Å². The van der Waals surface area contributed by atoms with E-state index in [1.165, 1.54) is 0 Å². The number of anilines is 1. The lowest BCUT2D eigenvalue weighted by Gasteiger charge is -2.10. The molecule has 1 aromatic heterocycles. The van der Waals surface area contributed by atoms with E-state index in [0.29, 0.717) is 31.3 Å². The second-order valence-electron chi connectivity index (χ2n) is 5.05.